The standard InChI is InChI=1S/C15H18O2/c1-15(10-11-7-8-13(15)9-11)17-14(16)12-5-3-2-4-6-12/h2-6,11,13H,7-10H2,1H3/t11-,13+,15-/m0/s1. The van der Waals surface area contributed by atoms with E-state index >= 15 is 0 Å². The average molecular weight is 230 g/mol. The van der Waals surface area contributed by atoms with Crippen LogP contribution in [0.4, 0.5) is 0 Å². The number of hydrogen-bond acceptors (Lipinski definition) is 2. The quantitative estimate of drug-likeness (QED) is 0.728. The fourth-order valence-corrected chi connectivity index (χ4v) is 3.52. The highest BCUT2D eigenvalue weighted by atomic mass is 16.6. The van der Waals surface area contributed by atoms with E-state index in [4.69, 9.17) is 4.74 Å². The van der Waals surface area contributed by atoms with E-state index in [9.17, 15) is 4.79 Å². The first kappa shape index (κ1) is 10.8. The molecule has 0 spiro atoms. The zero-order valence-corrected chi connectivity index (χ0v) is 10.2. The summed E-state index contributed by atoms with van der Waals surface area (Å²) in [6.45, 7) is 2.11. The van der Waals surface area contributed by atoms with Crippen LogP contribution in [-0.2, 0) is 4.74 Å². The van der Waals surface area contributed by atoms with Gasteiger partial charge in [-0.05, 0) is 56.6 Å². The minimum absolute atomic E-state index is 0.166. The van der Waals surface area contributed by atoms with E-state index < -0.39 is 0 Å². The van der Waals surface area contributed by atoms with Crippen LogP contribution in [0.3, 0.4) is 0 Å². The predicted octanol–water partition coefficient (Wildman–Crippen LogP) is 3.42. The SMILES string of the molecule is C[C@]1(OC(=O)c2ccccc2)C[C@H]2CC[C@@H]1C2. The summed E-state index contributed by atoms with van der Waals surface area (Å²) < 4.78 is 5.78. The molecule has 0 heterocycles. The molecule has 1 aromatic carbocycles. The topological polar surface area (TPSA) is 26.3 Å². The summed E-state index contributed by atoms with van der Waals surface area (Å²) in [5.74, 6) is 1.20. The van der Waals surface area contributed by atoms with Crippen molar-refractivity contribution in [1.82, 2.24) is 0 Å². The van der Waals surface area contributed by atoms with Gasteiger partial charge in [0.1, 0.15) is 5.60 Å². The highest BCUT2D eigenvalue weighted by molar-refractivity contribution is 5.89. The first-order valence-corrected chi connectivity index (χ1v) is 6.46. The van der Waals surface area contributed by atoms with Crippen LogP contribution < -0.4 is 0 Å². The molecule has 2 fully saturated rings. The molecule has 0 unspecified atom stereocenters. The number of esters is 1. The van der Waals surface area contributed by atoms with Gasteiger partial charge in [0.2, 0.25) is 0 Å². The molecule has 2 bridgehead atoms. The third-order valence-corrected chi connectivity index (χ3v) is 4.43. The second kappa shape index (κ2) is 3.86. The number of benzene rings is 1. The number of ether oxygens (including phenoxy) is 1. The first-order chi connectivity index (χ1) is 8.17. The Morgan fingerprint density at radius 2 is 2.06 bits per heavy atom. The molecule has 0 aliphatic heterocycles. The van der Waals surface area contributed by atoms with Crippen LogP contribution in [0.1, 0.15) is 43.0 Å². The zero-order chi connectivity index (χ0) is 11.9. The minimum atomic E-state index is -0.212. The fraction of sp³-hybridized carbons (Fsp3) is 0.533. The average Bonchev–Trinajstić information content (AvgIpc) is 2.89. The van der Waals surface area contributed by atoms with Gasteiger partial charge in [0.25, 0.3) is 0 Å². The monoisotopic (exact) mass is 230 g/mol. The van der Waals surface area contributed by atoms with E-state index in [1.807, 2.05) is 30.3 Å². The van der Waals surface area contributed by atoms with E-state index in [2.05, 4.69) is 6.92 Å². The summed E-state index contributed by atoms with van der Waals surface area (Å²) >= 11 is 0. The molecule has 90 valence electrons. The molecule has 2 aliphatic carbocycles. The molecule has 1 aromatic rings. The van der Waals surface area contributed by atoms with Gasteiger partial charge < -0.3 is 4.74 Å². The van der Waals surface area contributed by atoms with Crippen molar-refractivity contribution in [3.05, 3.63) is 35.9 Å². The summed E-state index contributed by atoms with van der Waals surface area (Å²) in [4.78, 5) is 12.1. The van der Waals surface area contributed by atoms with Crippen LogP contribution in [0.25, 0.3) is 0 Å². The highest BCUT2D eigenvalue weighted by Crippen LogP contribution is 2.52. The largest absolute Gasteiger partial charge is 0.455 e. The lowest BCUT2D eigenvalue weighted by Crippen LogP contribution is -2.37. The third kappa shape index (κ3) is 1.86. The van der Waals surface area contributed by atoms with Gasteiger partial charge >= 0.3 is 5.97 Å². The van der Waals surface area contributed by atoms with Gasteiger partial charge in [0, 0.05) is 0 Å². The van der Waals surface area contributed by atoms with Crippen LogP contribution in [-0.4, -0.2) is 11.6 Å². The van der Waals surface area contributed by atoms with Crippen LogP contribution in [0, 0.1) is 11.8 Å². The Balaban J connectivity index is 1.74. The Bertz CT molecular complexity index is 426. The lowest BCUT2D eigenvalue weighted by atomic mass is 9.85. The van der Waals surface area contributed by atoms with Crippen LogP contribution in [0.5, 0.6) is 0 Å². The lowest BCUT2D eigenvalue weighted by Gasteiger charge is -2.33. The van der Waals surface area contributed by atoms with Gasteiger partial charge in [0.05, 0.1) is 5.56 Å². The van der Waals surface area contributed by atoms with Crippen molar-refractivity contribution in [3.8, 4) is 0 Å². The Hall–Kier alpha value is -1.31. The van der Waals surface area contributed by atoms with E-state index in [1.54, 1.807) is 0 Å². The van der Waals surface area contributed by atoms with Crippen molar-refractivity contribution in [2.24, 2.45) is 11.8 Å². The van der Waals surface area contributed by atoms with Gasteiger partial charge in [-0.2, -0.15) is 0 Å². The Morgan fingerprint density at radius 3 is 2.65 bits per heavy atom. The molecule has 2 heteroatoms. The van der Waals surface area contributed by atoms with Crippen LogP contribution in [0.15, 0.2) is 30.3 Å². The van der Waals surface area contributed by atoms with Gasteiger partial charge in [-0.3, -0.25) is 0 Å². The maximum Gasteiger partial charge on any atom is 0.338 e. The summed E-state index contributed by atoms with van der Waals surface area (Å²) in [6.07, 6.45) is 4.85. The molecule has 0 radical (unpaired) electrons. The first-order valence-electron chi connectivity index (χ1n) is 6.46. The van der Waals surface area contributed by atoms with Crippen LogP contribution >= 0.6 is 0 Å². The van der Waals surface area contributed by atoms with Gasteiger partial charge in [0.15, 0.2) is 0 Å². The number of hydrogen-bond donors (Lipinski definition) is 0. The van der Waals surface area contributed by atoms with Crippen molar-refractivity contribution in [2.45, 2.75) is 38.2 Å². The maximum absolute atomic E-state index is 12.1. The van der Waals surface area contributed by atoms with Gasteiger partial charge in [-0.15, -0.1) is 0 Å². The Labute approximate surface area is 102 Å². The highest BCUT2D eigenvalue weighted by Gasteiger charge is 2.50. The van der Waals surface area contributed by atoms with Crippen LogP contribution in [0.2, 0.25) is 0 Å². The molecule has 0 amide bonds. The van der Waals surface area contributed by atoms with Crippen molar-refractivity contribution < 1.29 is 9.53 Å². The molecule has 2 saturated carbocycles. The lowest BCUT2D eigenvalue weighted by molar-refractivity contribution is -0.0370. The van der Waals surface area contributed by atoms with Gasteiger partial charge in [-0.25, -0.2) is 4.79 Å². The molecule has 0 aromatic heterocycles. The number of fused-ring (bicyclic) bond motifs is 2. The Kier molecular flexibility index (Phi) is 2.46. The minimum Gasteiger partial charge on any atom is -0.455 e. The molecule has 2 aliphatic rings. The smallest absolute Gasteiger partial charge is 0.338 e. The van der Waals surface area contributed by atoms with Gasteiger partial charge in [-0.1, -0.05) is 18.2 Å². The summed E-state index contributed by atoms with van der Waals surface area (Å²) in [6, 6.07) is 9.30. The zero-order valence-electron chi connectivity index (χ0n) is 10.2. The van der Waals surface area contributed by atoms with Crippen molar-refractivity contribution >= 4 is 5.97 Å². The molecule has 3 rings (SSSR count). The molecule has 3 atom stereocenters. The second-order valence-corrected chi connectivity index (χ2v) is 5.65. The summed E-state index contributed by atoms with van der Waals surface area (Å²) in [5.41, 5.74) is 0.451. The Morgan fingerprint density at radius 1 is 1.29 bits per heavy atom. The maximum atomic E-state index is 12.1. The molecule has 17 heavy (non-hydrogen) atoms. The number of rotatable bonds is 2. The molecular weight excluding hydrogens is 212 g/mol. The predicted molar refractivity (Wildman–Crippen MR) is 65.7 cm³/mol. The van der Waals surface area contributed by atoms with E-state index in [1.165, 1.54) is 19.3 Å². The molecule has 0 N–H and O–H groups in total. The normalized spacial score (nSPS) is 34.9. The second-order valence-electron chi connectivity index (χ2n) is 5.65. The van der Waals surface area contributed by atoms with E-state index in [0.29, 0.717) is 11.5 Å². The fourth-order valence-electron chi connectivity index (χ4n) is 3.52. The third-order valence-electron chi connectivity index (χ3n) is 4.43. The molecule has 0 saturated heterocycles. The summed E-state index contributed by atoms with van der Waals surface area (Å²) in [7, 11) is 0. The van der Waals surface area contributed by atoms with E-state index in [0.717, 1.165) is 12.3 Å². The number of carbonyl (C=O) groups is 1. The van der Waals surface area contributed by atoms with Crippen molar-refractivity contribution in [3.63, 3.8) is 0 Å². The molecular formula is C15H18O2. The summed E-state index contributed by atoms with van der Waals surface area (Å²) in [5, 5.41) is 0. The van der Waals surface area contributed by atoms with Crippen molar-refractivity contribution in [1.29, 1.82) is 0 Å². The van der Waals surface area contributed by atoms with Crippen molar-refractivity contribution in [2.75, 3.05) is 0 Å². The number of carbonyl (C=O) groups excluding carboxylic acids is 1. The molecule has 2 nitrogen and oxygen atoms in total. The van der Waals surface area contributed by atoms with E-state index in [-0.39, 0.29) is 11.6 Å².